The van der Waals surface area contributed by atoms with Gasteiger partial charge in [-0.05, 0) is 25.1 Å². The van der Waals surface area contributed by atoms with Crippen LogP contribution in [0.15, 0.2) is 18.2 Å². The van der Waals surface area contributed by atoms with E-state index in [1.807, 2.05) is 0 Å². The summed E-state index contributed by atoms with van der Waals surface area (Å²) < 4.78 is 5.13. The van der Waals surface area contributed by atoms with Crippen LogP contribution in [0.3, 0.4) is 0 Å². The van der Waals surface area contributed by atoms with E-state index < -0.39 is 6.04 Å². The number of ether oxygens (including phenoxy) is 1. The van der Waals surface area contributed by atoms with Crippen LogP contribution in [0.1, 0.15) is 12.5 Å². The van der Waals surface area contributed by atoms with Crippen molar-refractivity contribution in [3.63, 3.8) is 0 Å². The van der Waals surface area contributed by atoms with Crippen LogP contribution >= 0.6 is 11.6 Å². The second-order valence-corrected chi connectivity index (χ2v) is 3.82. The molecule has 0 aliphatic rings. The normalized spacial score (nSPS) is 12.3. The Labute approximate surface area is 94.2 Å². The molecule has 82 valence electrons. The standard InChI is InChI=1S/C11H14ClNO2/c1-7(13)10(14)6-8-5-9(12)3-4-11(8)15-2/h3-5,7H,6,13H2,1-2H3. The molecule has 15 heavy (non-hydrogen) atoms. The summed E-state index contributed by atoms with van der Waals surface area (Å²) in [5.41, 5.74) is 6.26. The van der Waals surface area contributed by atoms with E-state index in [4.69, 9.17) is 22.1 Å². The predicted octanol–water partition coefficient (Wildman–Crippen LogP) is 1.81. The quantitative estimate of drug-likeness (QED) is 0.854. The predicted molar refractivity (Wildman–Crippen MR) is 60.4 cm³/mol. The molecule has 4 heteroatoms. The third kappa shape index (κ3) is 3.22. The number of Topliss-reactive ketones (excluding diaryl/α,β-unsaturated/α-hetero) is 1. The number of hydrogen-bond donors (Lipinski definition) is 1. The fourth-order valence-corrected chi connectivity index (χ4v) is 1.43. The fourth-order valence-electron chi connectivity index (χ4n) is 1.23. The SMILES string of the molecule is COc1ccc(Cl)cc1CC(=O)C(C)N. The molecule has 0 saturated carbocycles. The first-order chi connectivity index (χ1) is 7.04. The minimum Gasteiger partial charge on any atom is -0.496 e. The van der Waals surface area contributed by atoms with Gasteiger partial charge in [-0.25, -0.2) is 0 Å². The Hall–Kier alpha value is -1.06. The van der Waals surface area contributed by atoms with Crippen LogP contribution in [0.25, 0.3) is 0 Å². The third-order valence-corrected chi connectivity index (χ3v) is 2.35. The van der Waals surface area contributed by atoms with Gasteiger partial charge in [-0.15, -0.1) is 0 Å². The summed E-state index contributed by atoms with van der Waals surface area (Å²) in [5, 5.41) is 0.586. The number of benzene rings is 1. The van der Waals surface area contributed by atoms with E-state index in [-0.39, 0.29) is 12.2 Å². The molecule has 3 nitrogen and oxygen atoms in total. The lowest BCUT2D eigenvalue weighted by Gasteiger charge is -2.09. The molecule has 0 saturated heterocycles. The number of ketones is 1. The Morgan fingerprint density at radius 1 is 1.60 bits per heavy atom. The second kappa shape index (κ2) is 5.14. The first kappa shape index (κ1) is 12.0. The molecule has 1 rings (SSSR count). The number of carbonyl (C=O) groups excluding carboxylic acids is 1. The number of hydrogen-bond acceptors (Lipinski definition) is 3. The molecular weight excluding hydrogens is 214 g/mol. The van der Waals surface area contributed by atoms with Gasteiger partial charge in [-0.1, -0.05) is 11.6 Å². The maximum absolute atomic E-state index is 11.5. The van der Waals surface area contributed by atoms with E-state index in [0.717, 1.165) is 5.56 Å². The number of halogens is 1. The molecule has 0 fully saturated rings. The molecule has 1 atom stereocenters. The molecule has 0 amide bonds. The number of methoxy groups -OCH3 is 1. The molecule has 0 bridgehead atoms. The summed E-state index contributed by atoms with van der Waals surface area (Å²) in [6.45, 7) is 1.67. The molecule has 0 aliphatic heterocycles. The number of nitrogens with two attached hydrogens (primary N) is 1. The van der Waals surface area contributed by atoms with Gasteiger partial charge in [-0.2, -0.15) is 0 Å². The van der Waals surface area contributed by atoms with Crippen LogP contribution in [0, 0.1) is 0 Å². The van der Waals surface area contributed by atoms with Crippen molar-refractivity contribution in [3.05, 3.63) is 28.8 Å². The topological polar surface area (TPSA) is 52.3 Å². The Morgan fingerprint density at radius 3 is 2.80 bits per heavy atom. The van der Waals surface area contributed by atoms with E-state index in [1.165, 1.54) is 0 Å². The van der Waals surface area contributed by atoms with Crippen molar-refractivity contribution >= 4 is 17.4 Å². The lowest BCUT2D eigenvalue weighted by Crippen LogP contribution is -2.28. The monoisotopic (exact) mass is 227 g/mol. The van der Waals surface area contributed by atoms with Crippen LogP contribution in [0.4, 0.5) is 0 Å². The highest BCUT2D eigenvalue weighted by atomic mass is 35.5. The summed E-state index contributed by atoms with van der Waals surface area (Å²) >= 11 is 5.84. The van der Waals surface area contributed by atoms with E-state index in [9.17, 15) is 4.79 Å². The van der Waals surface area contributed by atoms with Crippen LogP contribution in [0.5, 0.6) is 5.75 Å². The van der Waals surface area contributed by atoms with E-state index in [1.54, 1.807) is 32.2 Å². The summed E-state index contributed by atoms with van der Waals surface area (Å²) in [6, 6.07) is 4.72. The highest BCUT2D eigenvalue weighted by Crippen LogP contribution is 2.23. The zero-order valence-electron chi connectivity index (χ0n) is 8.79. The van der Waals surface area contributed by atoms with Crippen molar-refractivity contribution in [1.29, 1.82) is 0 Å². The summed E-state index contributed by atoms with van der Waals surface area (Å²) in [6.07, 6.45) is 0.251. The molecule has 1 aromatic carbocycles. The molecule has 0 heterocycles. The molecule has 1 aromatic rings. The van der Waals surface area contributed by atoms with Gasteiger partial charge in [0.05, 0.1) is 13.2 Å². The van der Waals surface area contributed by atoms with Gasteiger partial charge in [-0.3, -0.25) is 4.79 Å². The van der Waals surface area contributed by atoms with Crippen molar-refractivity contribution in [3.8, 4) is 5.75 Å². The van der Waals surface area contributed by atoms with Crippen LogP contribution in [-0.4, -0.2) is 18.9 Å². The van der Waals surface area contributed by atoms with Gasteiger partial charge in [0.1, 0.15) is 5.75 Å². The van der Waals surface area contributed by atoms with Gasteiger partial charge in [0.25, 0.3) is 0 Å². The van der Waals surface area contributed by atoms with Gasteiger partial charge in [0.15, 0.2) is 5.78 Å². The number of carbonyl (C=O) groups is 1. The van der Waals surface area contributed by atoms with E-state index in [0.29, 0.717) is 10.8 Å². The van der Waals surface area contributed by atoms with Gasteiger partial charge < -0.3 is 10.5 Å². The summed E-state index contributed by atoms with van der Waals surface area (Å²) in [4.78, 5) is 11.5. The van der Waals surface area contributed by atoms with Gasteiger partial charge in [0.2, 0.25) is 0 Å². The lowest BCUT2D eigenvalue weighted by atomic mass is 10.0. The average molecular weight is 228 g/mol. The van der Waals surface area contributed by atoms with Crippen molar-refractivity contribution in [2.24, 2.45) is 5.73 Å². The first-order valence-corrected chi connectivity index (χ1v) is 5.03. The summed E-state index contributed by atoms with van der Waals surface area (Å²) in [7, 11) is 1.56. The largest absolute Gasteiger partial charge is 0.496 e. The Balaban J connectivity index is 2.92. The third-order valence-electron chi connectivity index (χ3n) is 2.11. The Morgan fingerprint density at radius 2 is 2.27 bits per heavy atom. The minimum atomic E-state index is -0.464. The van der Waals surface area contributed by atoms with Crippen LogP contribution < -0.4 is 10.5 Å². The van der Waals surface area contributed by atoms with Crippen LogP contribution in [0.2, 0.25) is 5.02 Å². The van der Waals surface area contributed by atoms with Crippen molar-refractivity contribution in [2.45, 2.75) is 19.4 Å². The van der Waals surface area contributed by atoms with Gasteiger partial charge in [0, 0.05) is 17.0 Å². The Bertz CT molecular complexity index is 364. The maximum Gasteiger partial charge on any atom is 0.153 e. The summed E-state index contributed by atoms with van der Waals surface area (Å²) in [5.74, 6) is 0.629. The molecular formula is C11H14ClNO2. The zero-order valence-corrected chi connectivity index (χ0v) is 9.54. The lowest BCUT2D eigenvalue weighted by molar-refractivity contribution is -0.119. The molecule has 1 unspecified atom stereocenters. The van der Waals surface area contributed by atoms with E-state index in [2.05, 4.69) is 0 Å². The molecule has 2 N–H and O–H groups in total. The van der Waals surface area contributed by atoms with Crippen LogP contribution in [-0.2, 0) is 11.2 Å². The molecule has 0 spiro atoms. The smallest absolute Gasteiger partial charge is 0.153 e. The molecule has 0 aliphatic carbocycles. The van der Waals surface area contributed by atoms with Gasteiger partial charge >= 0.3 is 0 Å². The second-order valence-electron chi connectivity index (χ2n) is 3.39. The number of rotatable bonds is 4. The molecule has 0 aromatic heterocycles. The Kier molecular flexibility index (Phi) is 4.12. The highest BCUT2D eigenvalue weighted by Gasteiger charge is 2.12. The van der Waals surface area contributed by atoms with E-state index >= 15 is 0 Å². The minimum absolute atomic E-state index is 0.0319. The van der Waals surface area contributed by atoms with Crippen molar-refractivity contribution < 1.29 is 9.53 Å². The van der Waals surface area contributed by atoms with Crippen molar-refractivity contribution in [1.82, 2.24) is 0 Å². The average Bonchev–Trinajstić information content (AvgIpc) is 2.18. The fraction of sp³-hybridized carbons (Fsp3) is 0.364. The molecule has 0 radical (unpaired) electrons. The maximum atomic E-state index is 11.5. The first-order valence-electron chi connectivity index (χ1n) is 4.65. The zero-order chi connectivity index (χ0) is 11.4. The highest BCUT2D eigenvalue weighted by molar-refractivity contribution is 6.30. The van der Waals surface area contributed by atoms with Crippen molar-refractivity contribution in [2.75, 3.05) is 7.11 Å².